The Morgan fingerprint density at radius 2 is 2.00 bits per heavy atom. The Bertz CT molecular complexity index is 1220. The van der Waals surface area contributed by atoms with Crippen molar-refractivity contribution in [1.82, 2.24) is 20.2 Å². The molecule has 2 amide bonds. The Hall–Kier alpha value is -2.85. The van der Waals surface area contributed by atoms with Gasteiger partial charge in [0.1, 0.15) is 0 Å². The minimum atomic E-state index is -2.62. The average Bonchev–Trinajstić information content (AvgIpc) is 3.54. The number of nitrogens with one attached hydrogen (secondary N) is 3. The van der Waals surface area contributed by atoms with Gasteiger partial charge in [-0.3, -0.25) is 14.9 Å². The fourth-order valence-electron chi connectivity index (χ4n) is 3.94. The van der Waals surface area contributed by atoms with E-state index in [4.69, 9.17) is 0 Å². The Morgan fingerprint density at radius 3 is 2.63 bits per heavy atom. The standard InChI is InChI=1S/C25H31F2N5O2S/c1-14(25(2,3)4)29-22(33)15-7-8-18-17(12-15)30-24(32(18)13-16-6-5-11-28-16)31-23(34)20-10-9-19(35-20)21(26)27/h7-10,12,14,16,21,28H,5-6,11,13H2,1-4H3,(H,29,33)(H,30,31,34). The Morgan fingerprint density at radius 1 is 1.23 bits per heavy atom. The molecule has 0 aliphatic carbocycles. The molecule has 2 atom stereocenters. The molecule has 3 heterocycles. The molecule has 0 saturated carbocycles. The number of carbonyl (C=O) groups excluding carboxylic acids is 2. The van der Waals surface area contributed by atoms with Crippen molar-refractivity contribution in [2.75, 3.05) is 11.9 Å². The topological polar surface area (TPSA) is 88.1 Å². The molecule has 10 heteroatoms. The zero-order valence-corrected chi connectivity index (χ0v) is 21.1. The molecule has 2 unspecified atom stereocenters. The fourth-order valence-corrected chi connectivity index (χ4v) is 4.69. The molecule has 188 valence electrons. The summed E-state index contributed by atoms with van der Waals surface area (Å²) >= 11 is 0.764. The molecular formula is C25H31F2N5O2S. The van der Waals surface area contributed by atoms with E-state index in [1.54, 1.807) is 12.1 Å². The van der Waals surface area contributed by atoms with Gasteiger partial charge < -0.3 is 15.2 Å². The lowest BCUT2D eigenvalue weighted by molar-refractivity contribution is 0.0909. The van der Waals surface area contributed by atoms with Crippen LogP contribution in [0.15, 0.2) is 30.3 Å². The molecule has 0 spiro atoms. The van der Waals surface area contributed by atoms with Gasteiger partial charge in [0.25, 0.3) is 18.2 Å². The highest BCUT2D eigenvalue weighted by Gasteiger charge is 2.24. The van der Waals surface area contributed by atoms with Gasteiger partial charge in [-0.15, -0.1) is 11.3 Å². The number of rotatable bonds is 7. The van der Waals surface area contributed by atoms with Crippen LogP contribution < -0.4 is 16.0 Å². The van der Waals surface area contributed by atoms with Gasteiger partial charge in [-0.2, -0.15) is 0 Å². The predicted molar refractivity (Wildman–Crippen MR) is 134 cm³/mol. The van der Waals surface area contributed by atoms with Gasteiger partial charge in [0.2, 0.25) is 5.95 Å². The first-order valence-electron chi connectivity index (χ1n) is 11.8. The van der Waals surface area contributed by atoms with Crippen LogP contribution in [0.2, 0.25) is 0 Å². The predicted octanol–water partition coefficient (Wildman–Crippen LogP) is 5.20. The maximum atomic E-state index is 13.0. The second-order valence-electron chi connectivity index (χ2n) is 10.1. The van der Waals surface area contributed by atoms with Crippen molar-refractivity contribution in [2.24, 2.45) is 5.41 Å². The van der Waals surface area contributed by atoms with Crippen molar-refractivity contribution in [3.8, 4) is 0 Å². The molecule has 1 aliphatic rings. The lowest BCUT2D eigenvalue weighted by atomic mass is 9.88. The molecule has 0 radical (unpaired) electrons. The van der Waals surface area contributed by atoms with Gasteiger partial charge in [0.15, 0.2) is 0 Å². The van der Waals surface area contributed by atoms with E-state index in [0.717, 1.165) is 36.2 Å². The summed E-state index contributed by atoms with van der Waals surface area (Å²) in [6.07, 6.45) is -0.549. The number of halogens is 2. The van der Waals surface area contributed by atoms with Gasteiger partial charge >= 0.3 is 0 Å². The maximum absolute atomic E-state index is 13.0. The number of aromatic nitrogens is 2. The summed E-state index contributed by atoms with van der Waals surface area (Å²) in [7, 11) is 0. The molecule has 1 aromatic carbocycles. The lowest BCUT2D eigenvalue weighted by Gasteiger charge is -2.28. The maximum Gasteiger partial charge on any atom is 0.272 e. The molecule has 1 saturated heterocycles. The number of benzene rings is 1. The molecule has 2 aromatic heterocycles. The van der Waals surface area contributed by atoms with Crippen LogP contribution >= 0.6 is 11.3 Å². The van der Waals surface area contributed by atoms with Crippen LogP contribution in [0, 0.1) is 5.41 Å². The van der Waals surface area contributed by atoms with E-state index < -0.39 is 12.3 Å². The van der Waals surface area contributed by atoms with Crippen LogP contribution in [-0.4, -0.2) is 40.0 Å². The second-order valence-corrected chi connectivity index (χ2v) is 11.2. The zero-order chi connectivity index (χ0) is 25.3. The van der Waals surface area contributed by atoms with E-state index in [2.05, 4.69) is 41.7 Å². The van der Waals surface area contributed by atoms with E-state index >= 15 is 0 Å². The second kappa shape index (κ2) is 10.0. The molecule has 0 bridgehead atoms. The lowest BCUT2D eigenvalue weighted by Crippen LogP contribution is -2.41. The first kappa shape index (κ1) is 25.2. The Balaban J connectivity index is 1.64. The van der Waals surface area contributed by atoms with Crippen molar-refractivity contribution < 1.29 is 18.4 Å². The van der Waals surface area contributed by atoms with Crippen LogP contribution in [0.5, 0.6) is 0 Å². The van der Waals surface area contributed by atoms with Crippen LogP contribution in [0.4, 0.5) is 14.7 Å². The Labute approximate surface area is 207 Å². The minimum Gasteiger partial charge on any atom is -0.349 e. The molecule has 1 fully saturated rings. The van der Waals surface area contributed by atoms with Crippen LogP contribution in [0.1, 0.15) is 71.9 Å². The summed E-state index contributed by atoms with van der Waals surface area (Å²) in [6, 6.07) is 8.16. The molecule has 1 aliphatic heterocycles. The number of imidazole rings is 1. The van der Waals surface area contributed by atoms with E-state index in [1.165, 1.54) is 12.1 Å². The number of hydrogen-bond donors (Lipinski definition) is 3. The van der Waals surface area contributed by atoms with E-state index in [9.17, 15) is 18.4 Å². The monoisotopic (exact) mass is 503 g/mol. The van der Waals surface area contributed by atoms with Crippen LogP contribution in [-0.2, 0) is 6.54 Å². The first-order valence-corrected chi connectivity index (χ1v) is 12.6. The number of fused-ring (bicyclic) bond motifs is 1. The minimum absolute atomic E-state index is 0.0320. The molecule has 3 N–H and O–H groups in total. The normalized spacial score (nSPS) is 17.2. The summed E-state index contributed by atoms with van der Waals surface area (Å²) in [5, 5.41) is 9.27. The quantitative estimate of drug-likeness (QED) is 0.413. The fraction of sp³-hybridized carbons (Fsp3) is 0.480. The summed E-state index contributed by atoms with van der Waals surface area (Å²) in [5.74, 6) is -0.355. The number of anilines is 1. The van der Waals surface area contributed by atoms with Gasteiger partial charge in [-0.1, -0.05) is 20.8 Å². The smallest absolute Gasteiger partial charge is 0.272 e. The molecule has 7 nitrogen and oxygen atoms in total. The number of nitrogens with zero attached hydrogens (tertiary/aromatic N) is 2. The average molecular weight is 504 g/mol. The highest BCUT2D eigenvalue weighted by Crippen LogP contribution is 2.29. The van der Waals surface area contributed by atoms with E-state index in [0.29, 0.717) is 23.6 Å². The van der Waals surface area contributed by atoms with E-state index in [1.807, 2.05) is 17.6 Å². The number of amides is 2. The van der Waals surface area contributed by atoms with Crippen LogP contribution in [0.3, 0.4) is 0 Å². The third kappa shape index (κ3) is 5.70. The van der Waals surface area contributed by atoms with Gasteiger partial charge in [0, 0.05) is 24.2 Å². The van der Waals surface area contributed by atoms with Crippen molar-refractivity contribution >= 4 is 40.1 Å². The number of alkyl halides is 2. The van der Waals surface area contributed by atoms with Crippen molar-refractivity contribution in [3.63, 3.8) is 0 Å². The number of hydrogen-bond acceptors (Lipinski definition) is 5. The van der Waals surface area contributed by atoms with Gasteiger partial charge in [-0.25, -0.2) is 13.8 Å². The van der Waals surface area contributed by atoms with Crippen molar-refractivity contribution in [1.29, 1.82) is 0 Å². The molecular weight excluding hydrogens is 472 g/mol. The summed E-state index contributed by atoms with van der Waals surface area (Å²) in [6.45, 7) is 9.68. The summed E-state index contributed by atoms with van der Waals surface area (Å²) in [5.41, 5.74) is 1.76. The number of thiophene rings is 1. The third-order valence-corrected chi connectivity index (χ3v) is 7.60. The van der Waals surface area contributed by atoms with Crippen molar-refractivity contribution in [3.05, 3.63) is 45.6 Å². The number of carbonyl (C=O) groups is 2. The SMILES string of the molecule is CC(NC(=O)c1ccc2c(c1)nc(NC(=O)c1ccc(C(F)F)s1)n2CC1CCCN1)C(C)(C)C. The van der Waals surface area contributed by atoms with Gasteiger partial charge in [-0.05, 0) is 62.1 Å². The zero-order valence-electron chi connectivity index (χ0n) is 20.3. The first-order chi connectivity index (χ1) is 16.5. The highest BCUT2D eigenvalue weighted by molar-refractivity contribution is 7.14. The molecule has 4 rings (SSSR count). The van der Waals surface area contributed by atoms with E-state index in [-0.39, 0.29) is 33.2 Å². The van der Waals surface area contributed by atoms with Gasteiger partial charge in [0.05, 0.1) is 20.8 Å². The summed E-state index contributed by atoms with van der Waals surface area (Å²) < 4.78 is 27.9. The highest BCUT2D eigenvalue weighted by atomic mass is 32.1. The third-order valence-electron chi connectivity index (χ3n) is 6.51. The van der Waals surface area contributed by atoms with Crippen molar-refractivity contribution in [2.45, 2.75) is 65.6 Å². The largest absolute Gasteiger partial charge is 0.349 e. The Kier molecular flexibility index (Phi) is 7.23. The summed E-state index contributed by atoms with van der Waals surface area (Å²) in [4.78, 5) is 30.3. The van der Waals surface area contributed by atoms with Crippen LogP contribution in [0.25, 0.3) is 11.0 Å². The molecule has 35 heavy (non-hydrogen) atoms. The molecule has 3 aromatic rings.